The van der Waals surface area contributed by atoms with E-state index >= 15 is 0 Å². The molecule has 0 saturated carbocycles. The fourth-order valence-electron chi connectivity index (χ4n) is 3.72. The number of halogens is 2. The summed E-state index contributed by atoms with van der Waals surface area (Å²) in [6.45, 7) is 1.31. The van der Waals surface area contributed by atoms with Crippen LogP contribution in [-0.4, -0.2) is 43.2 Å². The van der Waals surface area contributed by atoms with Crippen LogP contribution in [0.1, 0.15) is 16.1 Å². The van der Waals surface area contributed by atoms with E-state index in [1.54, 1.807) is 29.1 Å². The van der Waals surface area contributed by atoms with Crippen LogP contribution < -0.4 is 5.32 Å². The number of aromatic nitrogens is 5. The summed E-state index contributed by atoms with van der Waals surface area (Å²) in [5.41, 5.74) is 6.21. The molecule has 0 saturated heterocycles. The number of amides is 1. The van der Waals surface area contributed by atoms with Crippen molar-refractivity contribution in [3.05, 3.63) is 72.7 Å². The maximum atomic E-state index is 12.5. The van der Waals surface area contributed by atoms with Gasteiger partial charge in [0.1, 0.15) is 17.0 Å². The van der Waals surface area contributed by atoms with Gasteiger partial charge in [-0.3, -0.25) is 14.2 Å². The first kappa shape index (κ1) is 19.8. The maximum absolute atomic E-state index is 12.5. The third-order valence-corrected chi connectivity index (χ3v) is 5.35. The van der Waals surface area contributed by atoms with E-state index in [9.17, 15) is 13.6 Å². The van der Waals surface area contributed by atoms with Crippen LogP contribution in [0.2, 0.25) is 0 Å². The zero-order chi connectivity index (χ0) is 22.2. The number of nitrogens with one attached hydrogen (secondary N) is 2. The average molecular weight is 432 g/mol. The van der Waals surface area contributed by atoms with Gasteiger partial charge >= 0.3 is 0 Å². The fraction of sp³-hybridized carbons (Fsp3) is 0.130. The predicted molar refractivity (Wildman–Crippen MR) is 117 cm³/mol. The molecule has 0 unspecified atom stereocenters. The number of carbonyl (C=O) groups excluding carboxylic acids is 1. The minimum Gasteiger partial charge on any atom is -0.346 e. The molecule has 5 aromatic heterocycles. The number of imidazole rings is 1. The predicted octanol–water partition coefficient (Wildman–Crippen LogP) is 4.24. The van der Waals surface area contributed by atoms with Gasteiger partial charge in [0, 0.05) is 58.6 Å². The lowest BCUT2D eigenvalue weighted by atomic mass is 10.0. The molecule has 0 aromatic carbocycles. The molecule has 7 nitrogen and oxygen atoms in total. The van der Waals surface area contributed by atoms with Gasteiger partial charge in [-0.05, 0) is 36.8 Å². The third kappa shape index (κ3) is 3.47. The molecule has 0 spiro atoms. The third-order valence-electron chi connectivity index (χ3n) is 5.35. The minimum atomic E-state index is -2.62. The molecule has 160 valence electrons. The second-order valence-electron chi connectivity index (χ2n) is 7.40. The summed E-state index contributed by atoms with van der Waals surface area (Å²) in [5, 5.41) is 3.13. The number of rotatable bonds is 5. The molecule has 9 heteroatoms. The molecule has 32 heavy (non-hydrogen) atoms. The largest absolute Gasteiger partial charge is 0.346 e. The number of alkyl halides is 2. The van der Waals surface area contributed by atoms with Gasteiger partial charge < -0.3 is 10.3 Å². The van der Waals surface area contributed by atoms with Crippen LogP contribution in [0.3, 0.4) is 0 Å². The van der Waals surface area contributed by atoms with E-state index in [1.807, 2.05) is 37.5 Å². The molecule has 1 amide bonds. The van der Waals surface area contributed by atoms with E-state index in [0.717, 1.165) is 38.9 Å². The lowest BCUT2D eigenvalue weighted by molar-refractivity contribution is 0.0886. The smallest absolute Gasteiger partial charge is 0.270 e. The van der Waals surface area contributed by atoms with Crippen LogP contribution in [0.25, 0.3) is 38.9 Å². The maximum Gasteiger partial charge on any atom is 0.270 e. The number of H-pyrrole nitrogens is 1. The number of hydrogen-bond donors (Lipinski definition) is 2. The highest BCUT2D eigenvalue weighted by Gasteiger charge is 2.16. The van der Waals surface area contributed by atoms with E-state index < -0.39 is 18.9 Å². The minimum absolute atomic E-state index is 0.187. The first-order valence-electron chi connectivity index (χ1n) is 9.93. The second kappa shape index (κ2) is 7.84. The SMILES string of the molecule is Cc1ccncc1-c1cnc2[nH]cc(-c3ccc4ncc(C(=O)NCC(F)F)n4c3)c2c1. The quantitative estimate of drug-likeness (QED) is 0.435. The lowest BCUT2D eigenvalue weighted by Crippen LogP contribution is -2.29. The molecule has 0 fully saturated rings. The van der Waals surface area contributed by atoms with Crippen molar-refractivity contribution in [2.45, 2.75) is 13.3 Å². The Labute approximate surface area is 181 Å². The number of aryl methyl sites for hydroxylation is 1. The lowest BCUT2D eigenvalue weighted by Gasteiger charge is -2.07. The Morgan fingerprint density at radius 3 is 2.81 bits per heavy atom. The molecule has 0 radical (unpaired) electrons. The van der Waals surface area contributed by atoms with Crippen molar-refractivity contribution in [2.24, 2.45) is 0 Å². The van der Waals surface area contributed by atoms with Gasteiger partial charge in [-0.1, -0.05) is 0 Å². The average Bonchev–Trinajstić information content (AvgIpc) is 3.41. The second-order valence-corrected chi connectivity index (χ2v) is 7.40. The summed E-state index contributed by atoms with van der Waals surface area (Å²) in [4.78, 5) is 28.5. The summed E-state index contributed by atoms with van der Waals surface area (Å²) in [6, 6.07) is 7.67. The Morgan fingerprint density at radius 2 is 2.00 bits per heavy atom. The van der Waals surface area contributed by atoms with Crippen LogP contribution in [0.15, 0.2) is 61.4 Å². The standard InChI is InChI=1S/C23H18F2N6O/c1-13-4-5-26-8-17(13)15-6-16-18(9-29-22(16)28-7-15)14-2-3-21-27-10-19(31(21)12-14)23(32)30-11-20(24)25/h2-10,12,20H,11H2,1H3,(H,28,29)(H,30,32). The number of aromatic amines is 1. The molecule has 0 atom stereocenters. The van der Waals surface area contributed by atoms with Gasteiger partial charge in [-0.2, -0.15) is 0 Å². The Balaban J connectivity index is 1.58. The monoisotopic (exact) mass is 432 g/mol. The highest BCUT2D eigenvalue weighted by molar-refractivity contribution is 5.97. The summed E-state index contributed by atoms with van der Waals surface area (Å²) >= 11 is 0. The summed E-state index contributed by atoms with van der Waals surface area (Å²) in [7, 11) is 0. The fourth-order valence-corrected chi connectivity index (χ4v) is 3.72. The first-order valence-corrected chi connectivity index (χ1v) is 9.93. The van der Waals surface area contributed by atoms with E-state index in [-0.39, 0.29) is 5.69 Å². The van der Waals surface area contributed by atoms with E-state index in [0.29, 0.717) is 5.65 Å². The highest BCUT2D eigenvalue weighted by Crippen LogP contribution is 2.32. The topological polar surface area (TPSA) is 88.0 Å². The van der Waals surface area contributed by atoms with E-state index in [1.165, 1.54) is 6.20 Å². The number of fused-ring (bicyclic) bond motifs is 2. The molecule has 0 aliphatic heterocycles. The molecule has 5 aromatic rings. The van der Waals surface area contributed by atoms with Gasteiger partial charge in [0.2, 0.25) is 0 Å². The number of nitrogens with zero attached hydrogens (tertiary/aromatic N) is 4. The zero-order valence-electron chi connectivity index (χ0n) is 17.0. The van der Waals surface area contributed by atoms with Crippen LogP contribution in [0.5, 0.6) is 0 Å². The summed E-state index contributed by atoms with van der Waals surface area (Å²) < 4.78 is 26.6. The first-order chi connectivity index (χ1) is 15.5. The Kier molecular flexibility index (Phi) is 4.85. The highest BCUT2D eigenvalue weighted by atomic mass is 19.3. The molecular formula is C23H18F2N6O. The summed E-state index contributed by atoms with van der Waals surface area (Å²) in [6.07, 6.45) is 7.74. The summed E-state index contributed by atoms with van der Waals surface area (Å²) in [5.74, 6) is -0.607. The van der Waals surface area contributed by atoms with Gasteiger partial charge in [0.25, 0.3) is 12.3 Å². The Bertz CT molecular complexity index is 1460. The zero-order valence-corrected chi connectivity index (χ0v) is 17.0. The Morgan fingerprint density at radius 1 is 1.12 bits per heavy atom. The van der Waals surface area contributed by atoms with Gasteiger partial charge in [-0.15, -0.1) is 0 Å². The van der Waals surface area contributed by atoms with E-state index in [4.69, 9.17) is 0 Å². The molecule has 0 aliphatic carbocycles. The van der Waals surface area contributed by atoms with Crippen molar-refractivity contribution in [2.75, 3.05) is 6.54 Å². The number of hydrogen-bond acceptors (Lipinski definition) is 4. The van der Waals surface area contributed by atoms with Crippen molar-refractivity contribution in [3.63, 3.8) is 0 Å². The molecule has 5 rings (SSSR count). The van der Waals surface area contributed by atoms with Gasteiger partial charge in [0.15, 0.2) is 0 Å². The van der Waals surface area contributed by atoms with Crippen molar-refractivity contribution in [3.8, 4) is 22.3 Å². The normalized spacial score (nSPS) is 11.5. The Hall–Kier alpha value is -4.14. The van der Waals surface area contributed by atoms with Crippen molar-refractivity contribution >= 4 is 22.6 Å². The van der Waals surface area contributed by atoms with Crippen molar-refractivity contribution in [1.82, 2.24) is 29.7 Å². The van der Waals surface area contributed by atoms with E-state index in [2.05, 4.69) is 25.3 Å². The number of pyridine rings is 3. The number of carbonyl (C=O) groups is 1. The molecule has 2 N–H and O–H groups in total. The molecule has 0 bridgehead atoms. The van der Waals surface area contributed by atoms with Gasteiger partial charge in [-0.25, -0.2) is 18.7 Å². The molecule has 5 heterocycles. The van der Waals surface area contributed by atoms with Crippen LogP contribution in [-0.2, 0) is 0 Å². The molecular weight excluding hydrogens is 414 g/mol. The van der Waals surface area contributed by atoms with Crippen molar-refractivity contribution in [1.29, 1.82) is 0 Å². The van der Waals surface area contributed by atoms with Gasteiger partial charge in [0.05, 0.1) is 12.7 Å². The van der Waals surface area contributed by atoms with Crippen LogP contribution in [0, 0.1) is 6.92 Å². The van der Waals surface area contributed by atoms with Crippen LogP contribution in [0.4, 0.5) is 8.78 Å². The molecule has 0 aliphatic rings. The van der Waals surface area contributed by atoms with Crippen molar-refractivity contribution < 1.29 is 13.6 Å². The van der Waals surface area contributed by atoms with Crippen LogP contribution >= 0.6 is 0 Å².